The molecule has 0 saturated heterocycles. The standard InChI is InChI=1S/C31H57NO6/c1-5-6-7-8-9-10-11-12-13-14-15-16-17-18-19-20-21-22-23-24-25-32(26(2)29(33)34,27(3)30(35)36)28(4)31(37)38/h11-12,26-28H,5-10,13-25H2,1-4H3,(H2-,33,34,35,36,37,38)/b12-11+. The van der Waals surface area contributed by atoms with Gasteiger partial charge in [-0.2, -0.15) is 0 Å². The summed E-state index contributed by atoms with van der Waals surface area (Å²) < 4.78 is -0.540. The lowest BCUT2D eigenvalue weighted by Gasteiger charge is -2.49. The number of carboxylic acids is 3. The molecule has 0 spiro atoms. The lowest BCUT2D eigenvalue weighted by molar-refractivity contribution is -0.969. The van der Waals surface area contributed by atoms with Crippen molar-refractivity contribution in [2.45, 2.75) is 161 Å². The van der Waals surface area contributed by atoms with Gasteiger partial charge in [0.1, 0.15) is 6.04 Å². The monoisotopic (exact) mass is 539 g/mol. The molecule has 0 heterocycles. The normalized spacial score (nSPS) is 15.7. The lowest BCUT2D eigenvalue weighted by Crippen LogP contribution is -2.72. The van der Waals surface area contributed by atoms with E-state index in [1.54, 1.807) is 0 Å². The van der Waals surface area contributed by atoms with Crippen molar-refractivity contribution in [3.8, 4) is 0 Å². The van der Waals surface area contributed by atoms with Gasteiger partial charge in [-0.25, -0.2) is 9.59 Å². The van der Waals surface area contributed by atoms with Gasteiger partial charge < -0.3 is 20.1 Å². The fourth-order valence-corrected chi connectivity index (χ4v) is 5.53. The van der Waals surface area contributed by atoms with E-state index in [0.717, 1.165) is 25.7 Å². The van der Waals surface area contributed by atoms with Gasteiger partial charge in [-0.15, -0.1) is 0 Å². The largest absolute Gasteiger partial charge is 0.544 e. The zero-order valence-electron chi connectivity index (χ0n) is 24.8. The highest BCUT2D eigenvalue weighted by atomic mass is 16.4. The average molecular weight is 540 g/mol. The van der Waals surface area contributed by atoms with E-state index in [1.165, 1.54) is 104 Å². The molecule has 0 rings (SSSR count). The first-order valence-electron chi connectivity index (χ1n) is 15.3. The number of nitrogens with zero attached hydrogens (tertiary/aromatic N) is 1. The number of allylic oxidation sites excluding steroid dienone is 2. The molecule has 2 N–H and O–H groups in total. The molecule has 0 fully saturated rings. The molecule has 3 atom stereocenters. The molecule has 0 aliphatic rings. The molecule has 0 radical (unpaired) electrons. The predicted octanol–water partition coefficient (Wildman–Crippen LogP) is 6.49. The Morgan fingerprint density at radius 3 is 1.29 bits per heavy atom. The van der Waals surface area contributed by atoms with Crippen molar-refractivity contribution in [2.24, 2.45) is 0 Å². The van der Waals surface area contributed by atoms with Crippen molar-refractivity contribution in [2.75, 3.05) is 6.54 Å². The molecule has 0 aromatic heterocycles. The van der Waals surface area contributed by atoms with Crippen LogP contribution in [0.4, 0.5) is 0 Å². The van der Waals surface area contributed by atoms with Gasteiger partial charge in [-0.3, -0.25) is 4.48 Å². The van der Waals surface area contributed by atoms with E-state index in [1.807, 2.05) is 0 Å². The van der Waals surface area contributed by atoms with Crippen molar-refractivity contribution in [1.82, 2.24) is 0 Å². The zero-order valence-corrected chi connectivity index (χ0v) is 24.8. The predicted molar refractivity (Wildman–Crippen MR) is 152 cm³/mol. The van der Waals surface area contributed by atoms with E-state index in [0.29, 0.717) is 6.42 Å². The minimum absolute atomic E-state index is 0.185. The summed E-state index contributed by atoms with van der Waals surface area (Å²) in [6.07, 6.45) is 26.1. The summed E-state index contributed by atoms with van der Waals surface area (Å²) in [7, 11) is 0. The number of hydrogen-bond acceptors (Lipinski definition) is 4. The first-order valence-corrected chi connectivity index (χ1v) is 15.3. The fraction of sp³-hybridized carbons (Fsp3) is 0.839. The molecule has 0 amide bonds. The second kappa shape index (κ2) is 22.0. The molecule has 7 heteroatoms. The number of carboxylic acid groups (broad SMARTS) is 3. The number of rotatable bonds is 26. The van der Waals surface area contributed by atoms with Crippen LogP contribution in [-0.2, 0) is 14.4 Å². The highest BCUT2D eigenvalue weighted by Gasteiger charge is 2.50. The maximum atomic E-state index is 11.8. The molecule has 0 aromatic rings. The Hall–Kier alpha value is -1.89. The zero-order chi connectivity index (χ0) is 28.8. The molecule has 7 nitrogen and oxygen atoms in total. The quantitative estimate of drug-likeness (QED) is 0.0738. The SMILES string of the molecule is CCCCCCC/C=C/CCCCCCCCCCCCC[N+](C(C)C(=O)[O-])(C(C)C(=O)O)C(C)C(=O)O. The minimum atomic E-state index is -1.42. The summed E-state index contributed by atoms with van der Waals surface area (Å²) in [6.45, 7) is 6.59. The molecule has 222 valence electrons. The van der Waals surface area contributed by atoms with Gasteiger partial charge in [0.05, 0.1) is 12.5 Å². The van der Waals surface area contributed by atoms with E-state index < -0.39 is 40.5 Å². The van der Waals surface area contributed by atoms with E-state index >= 15 is 0 Å². The van der Waals surface area contributed by atoms with Gasteiger partial charge in [-0.1, -0.05) is 96.1 Å². The second-order valence-electron chi connectivity index (χ2n) is 11.1. The summed E-state index contributed by atoms with van der Waals surface area (Å²) in [5.41, 5.74) is 0. The van der Waals surface area contributed by atoms with Crippen LogP contribution >= 0.6 is 0 Å². The number of hydrogen-bond donors (Lipinski definition) is 2. The first kappa shape index (κ1) is 36.1. The Labute approximate surface area is 232 Å². The summed E-state index contributed by atoms with van der Waals surface area (Å²) in [6, 6.07) is -3.56. The van der Waals surface area contributed by atoms with Crippen LogP contribution in [-0.4, -0.2) is 57.3 Å². The average Bonchev–Trinajstić information content (AvgIpc) is 2.88. The maximum absolute atomic E-state index is 11.8. The van der Waals surface area contributed by atoms with Gasteiger partial charge in [-0.05, 0) is 59.3 Å². The third kappa shape index (κ3) is 14.3. The number of quaternary nitrogens is 1. The Morgan fingerprint density at radius 1 is 0.605 bits per heavy atom. The van der Waals surface area contributed by atoms with Crippen LogP contribution in [0.5, 0.6) is 0 Å². The van der Waals surface area contributed by atoms with E-state index in [9.17, 15) is 29.7 Å². The Morgan fingerprint density at radius 2 is 0.947 bits per heavy atom. The topological polar surface area (TPSA) is 115 Å². The van der Waals surface area contributed by atoms with Crippen LogP contribution in [0, 0.1) is 0 Å². The van der Waals surface area contributed by atoms with Crippen LogP contribution in [0.3, 0.4) is 0 Å². The van der Waals surface area contributed by atoms with E-state index in [4.69, 9.17) is 0 Å². The summed E-state index contributed by atoms with van der Waals surface area (Å²) >= 11 is 0. The van der Waals surface area contributed by atoms with E-state index in [-0.39, 0.29) is 6.54 Å². The molecule has 3 unspecified atom stereocenters. The number of carbonyl (C=O) groups excluding carboxylic acids is 1. The molecular formula is C31H57NO6. The summed E-state index contributed by atoms with van der Waals surface area (Å²) in [5.74, 6) is -3.82. The third-order valence-electron chi connectivity index (χ3n) is 8.28. The van der Waals surface area contributed by atoms with Crippen molar-refractivity contribution in [3.63, 3.8) is 0 Å². The molecule has 0 bridgehead atoms. The molecule has 0 aromatic carbocycles. The molecular weight excluding hydrogens is 482 g/mol. The van der Waals surface area contributed by atoms with Crippen LogP contribution in [0.2, 0.25) is 0 Å². The van der Waals surface area contributed by atoms with E-state index in [2.05, 4.69) is 19.1 Å². The van der Waals surface area contributed by atoms with Crippen LogP contribution in [0.25, 0.3) is 0 Å². The van der Waals surface area contributed by atoms with Crippen molar-refractivity contribution < 1.29 is 34.2 Å². The highest BCUT2D eigenvalue weighted by Crippen LogP contribution is 2.27. The smallest absolute Gasteiger partial charge is 0.362 e. The Balaban J connectivity index is 4.09. The molecule has 0 saturated carbocycles. The van der Waals surface area contributed by atoms with Crippen molar-refractivity contribution in [3.05, 3.63) is 12.2 Å². The van der Waals surface area contributed by atoms with Gasteiger partial charge in [0.15, 0.2) is 12.1 Å². The lowest BCUT2D eigenvalue weighted by atomic mass is 10.00. The van der Waals surface area contributed by atoms with Crippen LogP contribution in [0.15, 0.2) is 12.2 Å². The highest BCUT2D eigenvalue weighted by molar-refractivity contribution is 5.76. The minimum Gasteiger partial charge on any atom is -0.544 e. The van der Waals surface area contributed by atoms with Gasteiger partial charge in [0.2, 0.25) is 0 Å². The van der Waals surface area contributed by atoms with Crippen molar-refractivity contribution in [1.29, 1.82) is 0 Å². The third-order valence-corrected chi connectivity index (χ3v) is 8.28. The molecule has 0 aliphatic carbocycles. The van der Waals surface area contributed by atoms with Gasteiger partial charge >= 0.3 is 11.9 Å². The molecule has 38 heavy (non-hydrogen) atoms. The fourth-order valence-electron chi connectivity index (χ4n) is 5.53. The second-order valence-corrected chi connectivity index (χ2v) is 11.1. The summed E-state index contributed by atoms with van der Waals surface area (Å²) in [4.78, 5) is 35.3. The van der Waals surface area contributed by atoms with Crippen molar-refractivity contribution >= 4 is 17.9 Å². The molecule has 0 aliphatic heterocycles. The van der Waals surface area contributed by atoms with Gasteiger partial charge in [0, 0.05) is 0 Å². The number of carbonyl (C=O) groups is 3. The van der Waals surface area contributed by atoms with Gasteiger partial charge in [0.25, 0.3) is 0 Å². The van der Waals surface area contributed by atoms with Crippen LogP contribution in [0.1, 0.15) is 143 Å². The first-order chi connectivity index (χ1) is 18.1. The Kier molecular flexibility index (Phi) is 20.9. The maximum Gasteiger partial charge on any atom is 0.362 e. The number of unbranched alkanes of at least 4 members (excludes halogenated alkanes) is 16. The number of aliphatic carboxylic acids is 3. The Bertz CT molecular complexity index is 627. The van der Waals surface area contributed by atoms with Crippen LogP contribution < -0.4 is 5.11 Å². The summed E-state index contributed by atoms with van der Waals surface area (Å²) in [5, 5.41) is 30.9.